The smallest absolute Gasteiger partial charge is 0.0249 e. The van der Waals surface area contributed by atoms with Crippen LogP contribution >= 0.6 is 0 Å². The second-order valence-electron chi connectivity index (χ2n) is 6.88. The first-order valence-electron chi connectivity index (χ1n) is 8.64. The van der Waals surface area contributed by atoms with Gasteiger partial charge in [-0.05, 0) is 36.5 Å². The van der Waals surface area contributed by atoms with Crippen molar-refractivity contribution >= 4 is 0 Å². The van der Waals surface area contributed by atoms with Crippen molar-refractivity contribution in [3.63, 3.8) is 0 Å². The monoisotopic (exact) mass is 252 g/mol. The lowest BCUT2D eigenvalue weighted by atomic mass is 9.56. The molecule has 108 valence electrons. The van der Waals surface area contributed by atoms with Gasteiger partial charge < -0.3 is 0 Å². The van der Waals surface area contributed by atoms with Crippen molar-refractivity contribution in [2.24, 2.45) is 10.8 Å². The summed E-state index contributed by atoms with van der Waals surface area (Å²) in [6, 6.07) is 0. The van der Waals surface area contributed by atoms with Gasteiger partial charge in [-0.15, -0.1) is 0 Å². The SMILES string of the molecule is CCC1(C)CCCCCCCCCC1(CC)CC. The molecule has 0 nitrogen and oxygen atoms in total. The zero-order valence-electron chi connectivity index (χ0n) is 13.5. The van der Waals surface area contributed by atoms with E-state index in [1.165, 1.54) is 77.0 Å². The van der Waals surface area contributed by atoms with Gasteiger partial charge >= 0.3 is 0 Å². The summed E-state index contributed by atoms with van der Waals surface area (Å²) < 4.78 is 0. The number of hydrogen-bond donors (Lipinski definition) is 0. The van der Waals surface area contributed by atoms with E-state index in [2.05, 4.69) is 27.7 Å². The molecule has 0 heteroatoms. The highest BCUT2D eigenvalue weighted by molar-refractivity contribution is 4.93. The van der Waals surface area contributed by atoms with Crippen molar-refractivity contribution in [2.45, 2.75) is 105 Å². The number of rotatable bonds is 3. The molecule has 0 aromatic carbocycles. The van der Waals surface area contributed by atoms with Gasteiger partial charge in [-0.1, -0.05) is 79.1 Å². The molecule has 1 unspecified atom stereocenters. The topological polar surface area (TPSA) is 0 Å². The highest BCUT2D eigenvalue weighted by Crippen LogP contribution is 2.53. The van der Waals surface area contributed by atoms with Crippen LogP contribution in [0.4, 0.5) is 0 Å². The van der Waals surface area contributed by atoms with E-state index in [-0.39, 0.29) is 0 Å². The quantitative estimate of drug-likeness (QED) is 0.522. The summed E-state index contributed by atoms with van der Waals surface area (Å²) >= 11 is 0. The zero-order chi connectivity index (χ0) is 13.5. The molecule has 0 aromatic heterocycles. The molecule has 1 fully saturated rings. The molecule has 1 atom stereocenters. The Morgan fingerprint density at radius 3 is 1.50 bits per heavy atom. The maximum Gasteiger partial charge on any atom is -0.0249 e. The molecule has 0 aromatic rings. The Balaban J connectivity index is 2.86. The van der Waals surface area contributed by atoms with Crippen molar-refractivity contribution in [3.05, 3.63) is 0 Å². The van der Waals surface area contributed by atoms with Crippen molar-refractivity contribution in [3.8, 4) is 0 Å². The fourth-order valence-corrected chi connectivity index (χ4v) is 4.44. The van der Waals surface area contributed by atoms with E-state index >= 15 is 0 Å². The Kier molecular flexibility index (Phi) is 6.74. The van der Waals surface area contributed by atoms with Crippen LogP contribution in [-0.4, -0.2) is 0 Å². The molecule has 0 N–H and O–H groups in total. The average Bonchev–Trinajstić information content (AvgIpc) is 2.44. The predicted octanol–water partition coefficient (Wildman–Crippen LogP) is 6.73. The summed E-state index contributed by atoms with van der Waals surface area (Å²) in [6.07, 6.45) is 17.4. The maximum atomic E-state index is 2.60. The van der Waals surface area contributed by atoms with Gasteiger partial charge in [0.1, 0.15) is 0 Å². The third-order valence-electron chi connectivity index (χ3n) is 6.30. The van der Waals surface area contributed by atoms with Crippen LogP contribution in [0.5, 0.6) is 0 Å². The first-order valence-corrected chi connectivity index (χ1v) is 8.64. The van der Waals surface area contributed by atoms with Crippen molar-refractivity contribution in [2.75, 3.05) is 0 Å². The van der Waals surface area contributed by atoms with Gasteiger partial charge in [0.25, 0.3) is 0 Å². The molecule has 18 heavy (non-hydrogen) atoms. The molecule has 0 amide bonds. The highest BCUT2D eigenvalue weighted by Gasteiger charge is 2.43. The van der Waals surface area contributed by atoms with Gasteiger partial charge in [0.15, 0.2) is 0 Å². The Bertz CT molecular complexity index is 214. The first-order chi connectivity index (χ1) is 8.64. The second-order valence-corrected chi connectivity index (χ2v) is 6.88. The summed E-state index contributed by atoms with van der Waals surface area (Å²) in [6.45, 7) is 9.91. The molecule has 0 radical (unpaired) electrons. The predicted molar refractivity (Wildman–Crippen MR) is 83.0 cm³/mol. The van der Waals surface area contributed by atoms with Gasteiger partial charge in [0.2, 0.25) is 0 Å². The minimum atomic E-state index is 0.584. The molecule has 0 heterocycles. The summed E-state index contributed by atoms with van der Waals surface area (Å²) in [5.41, 5.74) is 1.20. The molecular formula is C18H36. The molecule has 1 aliphatic rings. The van der Waals surface area contributed by atoms with Crippen LogP contribution in [0.25, 0.3) is 0 Å². The first kappa shape index (κ1) is 16.1. The van der Waals surface area contributed by atoms with Gasteiger partial charge in [-0.25, -0.2) is 0 Å². The van der Waals surface area contributed by atoms with Crippen molar-refractivity contribution in [1.82, 2.24) is 0 Å². The van der Waals surface area contributed by atoms with Gasteiger partial charge in [-0.2, -0.15) is 0 Å². The summed E-state index contributed by atoms with van der Waals surface area (Å²) in [7, 11) is 0. The van der Waals surface area contributed by atoms with Crippen molar-refractivity contribution < 1.29 is 0 Å². The molecule has 1 rings (SSSR count). The standard InChI is InChI=1S/C18H36/c1-5-17(4)15-13-11-9-8-10-12-14-16-18(17,6-2)7-3/h5-16H2,1-4H3. The largest absolute Gasteiger partial charge is 0.0648 e. The van der Waals surface area contributed by atoms with E-state index in [0.29, 0.717) is 10.8 Å². The molecule has 1 aliphatic carbocycles. The van der Waals surface area contributed by atoms with E-state index in [4.69, 9.17) is 0 Å². The average molecular weight is 252 g/mol. The lowest BCUT2D eigenvalue weighted by Crippen LogP contribution is -2.39. The Morgan fingerprint density at radius 2 is 1.06 bits per heavy atom. The van der Waals surface area contributed by atoms with Crippen molar-refractivity contribution in [1.29, 1.82) is 0 Å². The Hall–Kier alpha value is 0. The third-order valence-corrected chi connectivity index (χ3v) is 6.30. The molecule has 0 aliphatic heterocycles. The fraction of sp³-hybridized carbons (Fsp3) is 1.00. The normalized spacial score (nSPS) is 30.7. The molecule has 1 saturated carbocycles. The third kappa shape index (κ3) is 3.52. The van der Waals surface area contributed by atoms with Crippen LogP contribution < -0.4 is 0 Å². The van der Waals surface area contributed by atoms with Crippen LogP contribution in [0.1, 0.15) is 105 Å². The van der Waals surface area contributed by atoms with Gasteiger partial charge in [0, 0.05) is 0 Å². The molecule has 0 bridgehead atoms. The van der Waals surface area contributed by atoms with E-state index in [1.807, 2.05) is 0 Å². The van der Waals surface area contributed by atoms with Crippen LogP contribution in [0.15, 0.2) is 0 Å². The molecule has 0 spiro atoms. The van der Waals surface area contributed by atoms with E-state index in [1.54, 1.807) is 0 Å². The molecular weight excluding hydrogens is 216 g/mol. The Morgan fingerprint density at radius 1 is 0.611 bits per heavy atom. The minimum Gasteiger partial charge on any atom is -0.0648 e. The summed E-state index contributed by atoms with van der Waals surface area (Å²) in [4.78, 5) is 0. The number of hydrogen-bond acceptors (Lipinski definition) is 0. The highest BCUT2D eigenvalue weighted by atomic mass is 14.5. The van der Waals surface area contributed by atoms with Crippen LogP contribution in [0.2, 0.25) is 0 Å². The minimum absolute atomic E-state index is 0.584. The van der Waals surface area contributed by atoms with Gasteiger partial charge in [-0.3, -0.25) is 0 Å². The molecule has 0 saturated heterocycles. The Labute approximate surface area is 116 Å². The zero-order valence-corrected chi connectivity index (χ0v) is 13.5. The van der Waals surface area contributed by atoms with E-state index in [0.717, 1.165) is 0 Å². The summed E-state index contributed by atoms with van der Waals surface area (Å²) in [5, 5.41) is 0. The fourth-order valence-electron chi connectivity index (χ4n) is 4.44. The lowest BCUT2D eigenvalue weighted by Gasteiger charge is -2.49. The van der Waals surface area contributed by atoms with Crippen LogP contribution in [-0.2, 0) is 0 Å². The summed E-state index contributed by atoms with van der Waals surface area (Å²) in [5.74, 6) is 0. The maximum absolute atomic E-state index is 2.60. The second kappa shape index (κ2) is 7.56. The van der Waals surface area contributed by atoms with Crippen LogP contribution in [0, 0.1) is 10.8 Å². The lowest BCUT2D eigenvalue weighted by molar-refractivity contribution is 0.0136. The van der Waals surface area contributed by atoms with E-state index < -0.39 is 0 Å². The van der Waals surface area contributed by atoms with Gasteiger partial charge in [0.05, 0.1) is 0 Å². The van der Waals surface area contributed by atoms with Crippen LogP contribution in [0.3, 0.4) is 0 Å². The van der Waals surface area contributed by atoms with E-state index in [9.17, 15) is 0 Å².